The molecule has 1 rings (SSSR count). The van der Waals surface area contributed by atoms with Crippen LogP contribution in [0.1, 0.15) is 32.9 Å². The lowest BCUT2D eigenvalue weighted by Gasteiger charge is -2.19. The number of rotatable bonds is 4. The van der Waals surface area contributed by atoms with Crippen LogP contribution in [0, 0.1) is 6.57 Å². The molecule has 1 aromatic rings. The highest BCUT2D eigenvalue weighted by Crippen LogP contribution is 2.19. The standard InChI is InChI=1S/C14H18N2O4S/c1-14(2,3)20-13(17)7-6-10-8-11(21(5,18)19)9-12(15-4)16-10/h8-9H,6-7H2,1-3,5H3. The number of carbonyl (C=O) groups excluding carboxylic acids is 1. The summed E-state index contributed by atoms with van der Waals surface area (Å²) in [6.45, 7) is 12.3. The van der Waals surface area contributed by atoms with Crippen LogP contribution >= 0.6 is 0 Å². The number of aryl methyl sites for hydroxylation is 1. The lowest BCUT2D eigenvalue weighted by Crippen LogP contribution is -2.24. The van der Waals surface area contributed by atoms with Crippen LogP contribution in [0.3, 0.4) is 0 Å². The lowest BCUT2D eigenvalue weighted by molar-refractivity contribution is -0.154. The van der Waals surface area contributed by atoms with Gasteiger partial charge in [-0.05, 0) is 26.8 Å². The number of hydrogen-bond donors (Lipinski definition) is 0. The fourth-order valence-electron chi connectivity index (χ4n) is 1.57. The maximum absolute atomic E-state index is 11.6. The molecule has 0 spiro atoms. The van der Waals surface area contributed by atoms with Gasteiger partial charge in [-0.2, -0.15) is 0 Å². The number of esters is 1. The fraction of sp³-hybridized carbons (Fsp3) is 0.500. The average molecular weight is 310 g/mol. The van der Waals surface area contributed by atoms with Crippen LogP contribution in [-0.4, -0.2) is 31.2 Å². The van der Waals surface area contributed by atoms with Crippen molar-refractivity contribution in [1.82, 2.24) is 4.98 Å². The van der Waals surface area contributed by atoms with E-state index in [1.807, 2.05) is 0 Å². The Balaban J connectivity index is 2.90. The quantitative estimate of drug-likeness (QED) is 0.630. The number of nitrogens with zero attached hydrogens (tertiary/aromatic N) is 2. The first-order chi connectivity index (χ1) is 9.51. The Hall–Kier alpha value is -1.94. The molecule has 0 bridgehead atoms. The molecule has 0 aliphatic carbocycles. The normalized spacial score (nSPS) is 11.8. The van der Waals surface area contributed by atoms with E-state index in [0.717, 1.165) is 6.26 Å². The number of ether oxygens (including phenoxy) is 1. The van der Waals surface area contributed by atoms with Crippen molar-refractivity contribution < 1.29 is 17.9 Å². The smallest absolute Gasteiger partial charge is 0.306 e. The molecule has 1 aromatic heterocycles. The summed E-state index contributed by atoms with van der Waals surface area (Å²) in [7, 11) is -3.42. The number of hydrogen-bond acceptors (Lipinski definition) is 5. The third-order valence-electron chi connectivity index (χ3n) is 2.39. The maximum atomic E-state index is 11.6. The molecule has 0 saturated carbocycles. The predicted molar refractivity (Wildman–Crippen MR) is 77.8 cm³/mol. The van der Waals surface area contributed by atoms with E-state index >= 15 is 0 Å². The van der Waals surface area contributed by atoms with Gasteiger partial charge in [-0.15, -0.1) is 4.98 Å². The third-order valence-corrected chi connectivity index (χ3v) is 3.48. The Morgan fingerprint density at radius 3 is 2.48 bits per heavy atom. The van der Waals surface area contributed by atoms with E-state index in [9.17, 15) is 13.2 Å². The molecule has 0 fully saturated rings. The second-order valence-corrected chi connectivity index (χ2v) is 7.64. The molecular formula is C14H18N2O4S. The fourth-order valence-corrected chi connectivity index (χ4v) is 2.24. The van der Waals surface area contributed by atoms with Gasteiger partial charge >= 0.3 is 5.97 Å². The minimum Gasteiger partial charge on any atom is -0.460 e. The summed E-state index contributed by atoms with van der Waals surface area (Å²) in [5, 5.41) is 0. The van der Waals surface area contributed by atoms with E-state index in [4.69, 9.17) is 11.3 Å². The molecule has 0 unspecified atom stereocenters. The van der Waals surface area contributed by atoms with Crippen LogP contribution in [0.4, 0.5) is 5.82 Å². The zero-order valence-electron chi connectivity index (χ0n) is 12.5. The van der Waals surface area contributed by atoms with Crippen LogP contribution in [0.25, 0.3) is 4.85 Å². The summed E-state index contributed by atoms with van der Waals surface area (Å²) >= 11 is 0. The summed E-state index contributed by atoms with van der Waals surface area (Å²) in [6.07, 6.45) is 1.36. The van der Waals surface area contributed by atoms with Crippen LogP contribution in [-0.2, 0) is 25.8 Å². The number of carbonyl (C=O) groups is 1. The molecule has 0 aromatic carbocycles. The largest absolute Gasteiger partial charge is 0.460 e. The van der Waals surface area contributed by atoms with Crippen molar-refractivity contribution in [2.75, 3.05) is 6.26 Å². The number of sulfone groups is 1. The first-order valence-corrected chi connectivity index (χ1v) is 8.21. The van der Waals surface area contributed by atoms with Crippen LogP contribution in [0.15, 0.2) is 17.0 Å². The minimum atomic E-state index is -3.42. The molecule has 0 aliphatic rings. The second-order valence-electron chi connectivity index (χ2n) is 5.62. The molecule has 21 heavy (non-hydrogen) atoms. The molecule has 0 saturated heterocycles. The van der Waals surface area contributed by atoms with Gasteiger partial charge in [0.25, 0.3) is 5.82 Å². The van der Waals surface area contributed by atoms with Gasteiger partial charge in [-0.3, -0.25) is 4.79 Å². The summed E-state index contributed by atoms with van der Waals surface area (Å²) in [5.41, 5.74) is -0.185. The number of aromatic nitrogens is 1. The molecule has 114 valence electrons. The van der Waals surface area contributed by atoms with E-state index in [2.05, 4.69) is 9.83 Å². The van der Waals surface area contributed by atoms with Crippen molar-refractivity contribution in [2.45, 2.75) is 44.1 Å². The summed E-state index contributed by atoms with van der Waals surface area (Å²) in [4.78, 5) is 18.8. The molecule has 0 radical (unpaired) electrons. The predicted octanol–water partition coefficient (Wildman–Crippen LogP) is 2.31. The van der Waals surface area contributed by atoms with Crippen LogP contribution in [0.5, 0.6) is 0 Å². The van der Waals surface area contributed by atoms with E-state index in [-0.39, 0.29) is 23.6 Å². The highest BCUT2D eigenvalue weighted by atomic mass is 32.2. The van der Waals surface area contributed by atoms with E-state index < -0.39 is 21.4 Å². The average Bonchev–Trinajstić information content (AvgIpc) is 2.33. The first-order valence-electron chi connectivity index (χ1n) is 6.31. The van der Waals surface area contributed by atoms with Gasteiger partial charge in [-0.25, -0.2) is 8.42 Å². The van der Waals surface area contributed by atoms with Crippen molar-refractivity contribution in [3.05, 3.63) is 29.2 Å². The van der Waals surface area contributed by atoms with E-state index in [0.29, 0.717) is 5.69 Å². The first kappa shape index (κ1) is 17.1. The zero-order valence-corrected chi connectivity index (χ0v) is 13.3. The van der Waals surface area contributed by atoms with Gasteiger partial charge < -0.3 is 9.58 Å². The molecule has 7 heteroatoms. The van der Waals surface area contributed by atoms with Crippen molar-refractivity contribution in [3.8, 4) is 0 Å². The molecular weight excluding hydrogens is 292 g/mol. The molecule has 0 aliphatic heterocycles. The molecule has 0 amide bonds. The second kappa shape index (κ2) is 6.22. The Morgan fingerprint density at radius 1 is 1.38 bits per heavy atom. The molecule has 0 N–H and O–H groups in total. The Morgan fingerprint density at radius 2 is 2.00 bits per heavy atom. The highest BCUT2D eigenvalue weighted by Gasteiger charge is 2.18. The monoisotopic (exact) mass is 310 g/mol. The topological polar surface area (TPSA) is 77.7 Å². The third kappa shape index (κ3) is 5.92. The van der Waals surface area contributed by atoms with E-state index in [1.54, 1.807) is 20.8 Å². The van der Waals surface area contributed by atoms with Gasteiger partial charge in [0.15, 0.2) is 9.84 Å². The van der Waals surface area contributed by atoms with Crippen molar-refractivity contribution in [2.24, 2.45) is 0 Å². The van der Waals surface area contributed by atoms with Crippen molar-refractivity contribution in [3.63, 3.8) is 0 Å². The number of pyridine rings is 1. The van der Waals surface area contributed by atoms with E-state index in [1.165, 1.54) is 12.1 Å². The highest BCUT2D eigenvalue weighted by molar-refractivity contribution is 7.90. The van der Waals surface area contributed by atoms with Gasteiger partial charge in [0.2, 0.25) is 0 Å². The van der Waals surface area contributed by atoms with Gasteiger partial charge in [0.05, 0.1) is 11.3 Å². The SMILES string of the molecule is [C-]#[N+]c1cc(S(C)(=O)=O)cc(CCC(=O)OC(C)(C)C)n1. The molecule has 6 nitrogen and oxygen atoms in total. The van der Waals surface area contributed by atoms with Crippen molar-refractivity contribution >= 4 is 21.6 Å². The summed E-state index contributed by atoms with van der Waals surface area (Å²) in [6, 6.07) is 2.60. The zero-order chi connectivity index (χ0) is 16.3. The van der Waals surface area contributed by atoms with Gasteiger partial charge in [-0.1, -0.05) is 6.57 Å². The molecule has 1 heterocycles. The van der Waals surface area contributed by atoms with Gasteiger partial charge in [0.1, 0.15) is 11.3 Å². The summed E-state index contributed by atoms with van der Waals surface area (Å²) in [5.74, 6) is -0.393. The Bertz CT molecular complexity index is 682. The van der Waals surface area contributed by atoms with Crippen LogP contribution in [0.2, 0.25) is 0 Å². The Labute approximate surface area is 124 Å². The maximum Gasteiger partial charge on any atom is 0.306 e. The van der Waals surface area contributed by atoms with Crippen LogP contribution < -0.4 is 0 Å². The van der Waals surface area contributed by atoms with Crippen molar-refractivity contribution in [1.29, 1.82) is 0 Å². The Kier molecular flexibility index (Phi) is 5.07. The van der Waals surface area contributed by atoms with Gasteiger partial charge in [0, 0.05) is 18.7 Å². The molecule has 0 atom stereocenters. The summed E-state index contributed by atoms with van der Waals surface area (Å²) < 4.78 is 28.3. The lowest BCUT2D eigenvalue weighted by atomic mass is 10.2. The minimum absolute atomic E-state index is 0.00267.